The van der Waals surface area contributed by atoms with Crippen molar-refractivity contribution in [2.75, 3.05) is 33.7 Å². The van der Waals surface area contributed by atoms with Gasteiger partial charge in [0, 0.05) is 24.1 Å². The normalized spacial score (nSPS) is 11.5. The molecule has 0 fully saturated rings. The van der Waals surface area contributed by atoms with Crippen LogP contribution in [-0.4, -0.2) is 43.5 Å². The van der Waals surface area contributed by atoms with Gasteiger partial charge in [0.2, 0.25) is 0 Å². The molecule has 0 atom stereocenters. The minimum Gasteiger partial charge on any atom is -0.308 e. The van der Waals surface area contributed by atoms with Gasteiger partial charge in [0.1, 0.15) is 5.82 Å². The van der Waals surface area contributed by atoms with Crippen molar-refractivity contribution in [1.29, 1.82) is 0 Å². The van der Waals surface area contributed by atoms with Crippen LogP contribution in [0.4, 0.5) is 4.39 Å². The first kappa shape index (κ1) is 15.6. The molecule has 0 aliphatic carbocycles. The highest BCUT2D eigenvalue weighted by molar-refractivity contribution is 9.10. The zero-order chi connectivity index (χ0) is 13.5. The summed E-state index contributed by atoms with van der Waals surface area (Å²) in [5, 5.41) is 0. The zero-order valence-electron chi connectivity index (χ0n) is 11.4. The van der Waals surface area contributed by atoms with Gasteiger partial charge in [0.25, 0.3) is 0 Å². The first-order valence-corrected chi connectivity index (χ1v) is 7.13. The first-order valence-electron chi connectivity index (χ1n) is 6.34. The van der Waals surface area contributed by atoms with E-state index < -0.39 is 0 Å². The van der Waals surface area contributed by atoms with Gasteiger partial charge < -0.3 is 4.90 Å². The van der Waals surface area contributed by atoms with Gasteiger partial charge in [-0.2, -0.15) is 0 Å². The van der Waals surface area contributed by atoms with Crippen LogP contribution >= 0.6 is 15.9 Å². The molecule has 1 aromatic carbocycles. The molecular weight excluding hydrogens is 295 g/mol. The van der Waals surface area contributed by atoms with Crippen LogP contribution in [0.25, 0.3) is 0 Å². The molecule has 0 amide bonds. The summed E-state index contributed by atoms with van der Waals surface area (Å²) in [7, 11) is 4.16. The Bertz CT molecular complexity index is 369. The zero-order valence-corrected chi connectivity index (χ0v) is 13.0. The predicted octanol–water partition coefficient (Wildman–Crippen LogP) is 3.36. The Morgan fingerprint density at radius 3 is 2.44 bits per heavy atom. The van der Waals surface area contributed by atoms with Crippen LogP contribution in [0.15, 0.2) is 22.7 Å². The van der Waals surface area contributed by atoms with Gasteiger partial charge in [-0.1, -0.05) is 28.9 Å². The van der Waals surface area contributed by atoms with E-state index in [9.17, 15) is 4.39 Å². The van der Waals surface area contributed by atoms with E-state index in [2.05, 4.69) is 46.7 Å². The Balaban J connectivity index is 2.64. The number of benzene rings is 1. The van der Waals surface area contributed by atoms with Crippen LogP contribution < -0.4 is 0 Å². The fourth-order valence-electron chi connectivity index (χ4n) is 1.82. The van der Waals surface area contributed by atoms with E-state index in [1.807, 2.05) is 6.07 Å². The third kappa shape index (κ3) is 5.46. The lowest BCUT2D eigenvalue weighted by atomic mass is 10.2. The second kappa shape index (κ2) is 7.87. The quantitative estimate of drug-likeness (QED) is 0.761. The number of hydrogen-bond acceptors (Lipinski definition) is 2. The summed E-state index contributed by atoms with van der Waals surface area (Å²) in [4.78, 5) is 4.58. The van der Waals surface area contributed by atoms with Gasteiger partial charge in [-0.05, 0) is 44.8 Å². The summed E-state index contributed by atoms with van der Waals surface area (Å²) in [6, 6.07) is 4.92. The Kier molecular flexibility index (Phi) is 6.82. The molecule has 1 aromatic rings. The summed E-state index contributed by atoms with van der Waals surface area (Å²) in [5.41, 5.74) is 1.14. The van der Waals surface area contributed by atoms with E-state index >= 15 is 0 Å². The Hall–Kier alpha value is -0.450. The molecule has 0 aromatic heterocycles. The number of hydrogen-bond donors (Lipinski definition) is 0. The second-order valence-electron chi connectivity index (χ2n) is 4.82. The van der Waals surface area contributed by atoms with Crippen LogP contribution in [0.5, 0.6) is 0 Å². The number of rotatable bonds is 7. The van der Waals surface area contributed by atoms with Crippen molar-refractivity contribution < 1.29 is 4.39 Å². The molecule has 0 saturated heterocycles. The van der Waals surface area contributed by atoms with Crippen molar-refractivity contribution in [3.05, 3.63) is 34.1 Å². The largest absolute Gasteiger partial charge is 0.308 e. The smallest absolute Gasteiger partial charge is 0.124 e. The molecule has 0 unspecified atom stereocenters. The lowest BCUT2D eigenvalue weighted by Crippen LogP contribution is -2.32. The van der Waals surface area contributed by atoms with Crippen molar-refractivity contribution in [2.24, 2.45) is 0 Å². The summed E-state index contributed by atoms with van der Waals surface area (Å²) < 4.78 is 13.9. The van der Waals surface area contributed by atoms with Gasteiger partial charge in [-0.3, -0.25) is 4.90 Å². The minimum atomic E-state index is -0.194. The van der Waals surface area contributed by atoms with Gasteiger partial charge in [0.05, 0.1) is 0 Å². The van der Waals surface area contributed by atoms with Crippen LogP contribution in [0.2, 0.25) is 0 Å². The van der Waals surface area contributed by atoms with E-state index in [1.165, 1.54) is 12.1 Å². The molecule has 18 heavy (non-hydrogen) atoms. The molecule has 0 bridgehead atoms. The molecule has 2 nitrogen and oxygen atoms in total. The molecule has 0 aliphatic rings. The van der Waals surface area contributed by atoms with Gasteiger partial charge in [-0.15, -0.1) is 0 Å². The SMILES string of the molecule is CCCN(CCN(C)C)Cc1ccc(F)cc1Br. The third-order valence-corrected chi connectivity index (χ3v) is 3.55. The molecule has 0 saturated carbocycles. The topological polar surface area (TPSA) is 6.48 Å². The third-order valence-electron chi connectivity index (χ3n) is 2.81. The van der Waals surface area contributed by atoms with Crippen molar-refractivity contribution >= 4 is 15.9 Å². The van der Waals surface area contributed by atoms with Crippen LogP contribution in [0.1, 0.15) is 18.9 Å². The lowest BCUT2D eigenvalue weighted by molar-refractivity contribution is 0.233. The summed E-state index contributed by atoms with van der Waals surface area (Å²) >= 11 is 3.43. The summed E-state index contributed by atoms with van der Waals surface area (Å²) in [5.74, 6) is -0.194. The van der Waals surface area contributed by atoms with Gasteiger partial charge >= 0.3 is 0 Å². The summed E-state index contributed by atoms with van der Waals surface area (Å²) in [6.45, 7) is 6.19. The molecule has 0 heterocycles. The molecule has 0 aliphatic heterocycles. The van der Waals surface area contributed by atoms with E-state index in [-0.39, 0.29) is 5.82 Å². The summed E-state index contributed by atoms with van der Waals surface area (Å²) in [6.07, 6.45) is 1.13. The highest BCUT2D eigenvalue weighted by Gasteiger charge is 2.08. The highest BCUT2D eigenvalue weighted by Crippen LogP contribution is 2.19. The fourth-order valence-corrected chi connectivity index (χ4v) is 2.29. The van der Waals surface area contributed by atoms with Crippen LogP contribution in [0, 0.1) is 5.82 Å². The number of likely N-dealkylation sites (N-methyl/N-ethyl adjacent to an activating group) is 1. The van der Waals surface area contributed by atoms with E-state index in [0.29, 0.717) is 0 Å². The molecule has 1 rings (SSSR count). The Labute approximate surface area is 118 Å². The highest BCUT2D eigenvalue weighted by atomic mass is 79.9. The Morgan fingerprint density at radius 2 is 1.89 bits per heavy atom. The van der Waals surface area contributed by atoms with E-state index in [1.54, 1.807) is 0 Å². The first-order chi connectivity index (χ1) is 8.52. The second-order valence-corrected chi connectivity index (χ2v) is 5.67. The molecule has 0 spiro atoms. The van der Waals surface area contributed by atoms with Crippen molar-refractivity contribution in [1.82, 2.24) is 9.80 Å². The van der Waals surface area contributed by atoms with Crippen LogP contribution in [0.3, 0.4) is 0 Å². The van der Waals surface area contributed by atoms with Crippen molar-refractivity contribution in [2.45, 2.75) is 19.9 Å². The average molecular weight is 317 g/mol. The van der Waals surface area contributed by atoms with Crippen LogP contribution in [-0.2, 0) is 6.54 Å². The number of nitrogens with zero attached hydrogens (tertiary/aromatic N) is 2. The van der Waals surface area contributed by atoms with E-state index in [0.717, 1.165) is 42.6 Å². The fraction of sp³-hybridized carbons (Fsp3) is 0.571. The molecule has 4 heteroatoms. The molecule has 0 N–H and O–H groups in total. The molecule has 102 valence electrons. The van der Waals surface area contributed by atoms with Gasteiger partial charge in [-0.25, -0.2) is 4.39 Å². The standard InChI is InChI=1S/C14H22BrFN2/c1-4-7-18(9-8-17(2)3)11-12-5-6-13(16)10-14(12)15/h5-6,10H,4,7-9,11H2,1-3H3. The average Bonchev–Trinajstić information content (AvgIpc) is 2.29. The molecule has 0 radical (unpaired) electrons. The minimum absolute atomic E-state index is 0.194. The van der Waals surface area contributed by atoms with E-state index in [4.69, 9.17) is 0 Å². The van der Waals surface area contributed by atoms with Crippen molar-refractivity contribution in [3.8, 4) is 0 Å². The predicted molar refractivity (Wildman–Crippen MR) is 78.2 cm³/mol. The van der Waals surface area contributed by atoms with Crippen molar-refractivity contribution in [3.63, 3.8) is 0 Å². The molecular formula is C14H22BrFN2. The number of halogens is 2. The maximum absolute atomic E-state index is 13.0. The maximum atomic E-state index is 13.0. The van der Waals surface area contributed by atoms with Gasteiger partial charge in [0.15, 0.2) is 0 Å². The Morgan fingerprint density at radius 1 is 1.17 bits per heavy atom. The lowest BCUT2D eigenvalue weighted by Gasteiger charge is -2.24. The monoisotopic (exact) mass is 316 g/mol. The maximum Gasteiger partial charge on any atom is 0.124 e.